The molecule has 2 amide bonds. The number of amides is 2. The summed E-state index contributed by atoms with van der Waals surface area (Å²) < 4.78 is 23.0. The lowest BCUT2D eigenvalue weighted by Gasteiger charge is -2.34. The van der Waals surface area contributed by atoms with Gasteiger partial charge in [-0.15, -0.1) is 0 Å². The number of likely N-dealkylation sites (N-methyl/N-ethyl adjacent to an activating group) is 1. The number of aliphatic hydroxyl groups is 1. The first kappa shape index (κ1) is 40.9. The van der Waals surface area contributed by atoms with E-state index in [1.54, 1.807) is 63.3 Å². The largest absolute Gasteiger partial charge is 0.508 e. The van der Waals surface area contributed by atoms with Gasteiger partial charge in [0.2, 0.25) is 11.8 Å². The Bertz CT molecular complexity index is 1870. The molecule has 1 fully saturated rings. The Morgan fingerprint density at radius 1 is 0.982 bits per heavy atom. The molecule has 0 saturated carbocycles. The van der Waals surface area contributed by atoms with E-state index in [4.69, 9.17) is 18.9 Å². The van der Waals surface area contributed by atoms with Crippen LogP contribution in [0.15, 0.2) is 96.6 Å². The summed E-state index contributed by atoms with van der Waals surface area (Å²) in [6.45, 7) is 4.82. The lowest BCUT2D eigenvalue weighted by Crippen LogP contribution is -2.53. The van der Waals surface area contributed by atoms with Crippen molar-refractivity contribution in [1.29, 1.82) is 0 Å². The highest BCUT2D eigenvalue weighted by molar-refractivity contribution is 5.98. The molecule has 0 radical (unpaired) electrons. The Kier molecular flexibility index (Phi) is 14.0. The van der Waals surface area contributed by atoms with Gasteiger partial charge < -0.3 is 39.4 Å². The van der Waals surface area contributed by atoms with E-state index in [1.165, 1.54) is 11.9 Å². The highest BCUT2D eigenvalue weighted by atomic mass is 16.7. The molecule has 5 rings (SSSR count). The molecule has 1 aliphatic heterocycles. The van der Waals surface area contributed by atoms with E-state index in [0.717, 1.165) is 11.1 Å². The molecule has 0 spiro atoms. The van der Waals surface area contributed by atoms with Gasteiger partial charge in [0.05, 0.1) is 18.2 Å². The van der Waals surface area contributed by atoms with Crippen LogP contribution in [0.2, 0.25) is 0 Å². The molecule has 5 atom stereocenters. The van der Waals surface area contributed by atoms with E-state index in [0.29, 0.717) is 17.5 Å². The zero-order valence-corrected chi connectivity index (χ0v) is 31.7. The summed E-state index contributed by atoms with van der Waals surface area (Å²) in [4.78, 5) is 55.5. The maximum atomic E-state index is 14.2. The van der Waals surface area contributed by atoms with Crippen LogP contribution in [0.25, 0.3) is 6.08 Å². The minimum absolute atomic E-state index is 0.0135. The molecule has 292 valence electrons. The van der Waals surface area contributed by atoms with Crippen LogP contribution in [0.1, 0.15) is 67.1 Å². The summed E-state index contributed by atoms with van der Waals surface area (Å²) in [6, 6.07) is 21.5. The third kappa shape index (κ3) is 11.4. The predicted molar refractivity (Wildman–Crippen MR) is 205 cm³/mol. The SMILES string of the molecule is CN(C(=O)C1=C[C@H]2OCO[C@H]2[C@H](OC(=O)c2ccccc2C=CCc2ccccc2O)C1)[C@H](Cc1ccccc1)C(=O)N[C@H](CO)CCC(=O)OC(C)(C)C. The van der Waals surface area contributed by atoms with Crippen molar-refractivity contribution in [2.45, 2.75) is 88.9 Å². The molecular formula is C43H50N2O10. The lowest BCUT2D eigenvalue weighted by molar-refractivity contribution is -0.155. The maximum Gasteiger partial charge on any atom is 0.339 e. The van der Waals surface area contributed by atoms with Crippen LogP contribution in [0.4, 0.5) is 0 Å². The number of hydrogen-bond acceptors (Lipinski definition) is 10. The van der Waals surface area contributed by atoms with Crippen molar-refractivity contribution in [3.05, 3.63) is 119 Å². The molecular weight excluding hydrogens is 704 g/mol. The number of nitrogens with one attached hydrogen (secondary N) is 1. The van der Waals surface area contributed by atoms with Crippen molar-refractivity contribution < 1.29 is 48.3 Å². The average molecular weight is 755 g/mol. The fourth-order valence-electron chi connectivity index (χ4n) is 6.54. The Morgan fingerprint density at radius 2 is 1.69 bits per heavy atom. The number of fused-ring (bicyclic) bond motifs is 1. The van der Waals surface area contributed by atoms with Gasteiger partial charge in [-0.25, -0.2) is 4.79 Å². The molecule has 55 heavy (non-hydrogen) atoms. The molecule has 0 bridgehead atoms. The minimum Gasteiger partial charge on any atom is -0.508 e. The first-order valence-corrected chi connectivity index (χ1v) is 18.4. The molecule has 1 heterocycles. The van der Waals surface area contributed by atoms with Crippen LogP contribution in [0.5, 0.6) is 5.75 Å². The smallest absolute Gasteiger partial charge is 0.339 e. The summed E-state index contributed by atoms with van der Waals surface area (Å²) in [5.74, 6) is -1.84. The van der Waals surface area contributed by atoms with Gasteiger partial charge in [0, 0.05) is 31.9 Å². The maximum absolute atomic E-state index is 14.2. The van der Waals surface area contributed by atoms with Gasteiger partial charge in [-0.2, -0.15) is 0 Å². The van der Waals surface area contributed by atoms with Gasteiger partial charge in [0.1, 0.15) is 42.5 Å². The van der Waals surface area contributed by atoms with Crippen LogP contribution in [0.3, 0.4) is 0 Å². The summed E-state index contributed by atoms with van der Waals surface area (Å²) in [5, 5.41) is 23.0. The second-order valence-corrected chi connectivity index (χ2v) is 14.7. The molecule has 0 unspecified atom stereocenters. The predicted octanol–water partition coefficient (Wildman–Crippen LogP) is 4.91. The number of carbonyl (C=O) groups is 4. The number of allylic oxidation sites excluding steroid dienone is 1. The molecule has 0 aromatic heterocycles. The van der Waals surface area contributed by atoms with Gasteiger partial charge >= 0.3 is 11.9 Å². The van der Waals surface area contributed by atoms with Crippen molar-refractivity contribution in [1.82, 2.24) is 10.2 Å². The zero-order chi connectivity index (χ0) is 39.5. The standard InChI is InChI=1S/C43H50N2O10/c1-43(2,3)55-38(48)22-21-32(26-46)44-40(49)34(23-28-13-6-5-7-14-28)45(4)41(50)31-24-36-39(53-27-52-36)37(25-31)54-42(51)33-19-10-8-15-29(33)17-12-18-30-16-9-11-20-35(30)47/h5-17,19-20,24,32,34,36-37,39,46-47H,18,21-23,25-27H2,1-4H3,(H,44,49)/t32-,34+,36+,37+,39+/m0/s1. The van der Waals surface area contributed by atoms with Gasteiger partial charge in [0.25, 0.3) is 0 Å². The topological polar surface area (TPSA) is 161 Å². The van der Waals surface area contributed by atoms with E-state index >= 15 is 0 Å². The summed E-state index contributed by atoms with van der Waals surface area (Å²) in [6.07, 6.45) is 3.88. The summed E-state index contributed by atoms with van der Waals surface area (Å²) in [7, 11) is 1.53. The first-order valence-electron chi connectivity index (χ1n) is 18.4. The quantitative estimate of drug-likeness (QED) is 0.182. The molecule has 1 saturated heterocycles. The lowest BCUT2D eigenvalue weighted by atomic mass is 9.90. The first-order chi connectivity index (χ1) is 26.3. The number of phenolic OH excluding ortho intramolecular Hbond substituents is 1. The number of benzene rings is 3. The number of phenols is 1. The van der Waals surface area contributed by atoms with Gasteiger partial charge in [-0.05, 0) is 68.5 Å². The van der Waals surface area contributed by atoms with Crippen molar-refractivity contribution in [3.63, 3.8) is 0 Å². The van der Waals surface area contributed by atoms with E-state index < -0.39 is 66.4 Å². The van der Waals surface area contributed by atoms with E-state index in [9.17, 15) is 29.4 Å². The number of carbonyl (C=O) groups excluding carboxylic acids is 4. The van der Waals surface area contributed by atoms with E-state index in [2.05, 4.69) is 5.32 Å². The zero-order valence-electron chi connectivity index (χ0n) is 31.7. The third-order valence-electron chi connectivity index (χ3n) is 9.38. The number of para-hydroxylation sites is 1. The molecule has 3 aromatic rings. The molecule has 12 nitrogen and oxygen atoms in total. The second kappa shape index (κ2) is 18.8. The Labute approximate surface area is 321 Å². The molecule has 3 N–H and O–H groups in total. The van der Waals surface area contributed by atoms with Gasteiger partial charge in [-0.1, -0.05) is 78.9 Å². The van der Waals surface area contributed by atoms with E-state index in [-0.39, 0.29) is 43.8 Å². The van der Waals surface area contributed by atoms with Crippen LogP contribution < -0.4 is 5.32 Å². The van der Waals surface area contributed by atoms with Crippen LogP contribution >= 0.6 is 0 Å². The number of nitrogens with zero attached hydrogens (tertiary/aromatic N) is 1. The van der Waals surface area contributed by atoms with Crippen molar-refractivity contribution in [2.75, 3.05) is 20.4 Å². The fourth-order valence-corrected chi connectivity index (χ4v) is 6.54. The molecule has 2 aliphatic rings. The van der Waals surface area contributed by atoms with E-state index in [1.807, 2.05) is 54.6 Å². The van der Waals surface area contributed by atoms with Crippen molar-refractivity contribution in [2.24, 2.45) is 0 Å². The highest BCUT2D eigenvalue weighted by Gasteiger charge is 2.44. The summed E-state index contributed by atoms with van der Waals surface area (Å²) >= 11 is 0. The molecule has 1 aliphatic carbocycles. The highest BCUT2D eigenvalue weighted by Crippen LogP contribution is 2.32. The number of hydrogen-bond donors (Lipinski definition) is 3. The minimum atomic E-state index is -0.998. The number of aliphatic hydroxyl groups excluding tert-OH is 1. The third-order valence-corrected chi connectivity index (χ3v) is 9.38. The number of rotatable bonds is 15. The van der Waals surface area contributed by atoms with Crippen LogP contribution in [0, 0.1) is 0 Å². The van der Waals surface area contributed by atoms with Gasteiger partial charge in [0.15, 0.2) is 0 Å². The van der Waals surface area contributed by atoms with Crippen molar-refractivity contribution >= 4 is 29.8 Å². The van der Waals surface area contributed by atoms with Crippen molar-refractivity contribution in [3.8, 4) is 5.75 Å². The second-order valence-electron chi connectivity index (χ2n) is 14.7. The Hall–Kier alpha value is -5.30. The monoisotopic (exact) mass is 754 g/mol. The van der Waals surface area contributed by atoms with Crippen LogP contribution in [-0.4, -0.2) is 95.3 Å². The number of ether oxygens (including phenoxy) is 4. The average Bonchev–Trinajstić information content (AvgIpc) is 3.65. The number of esters is 2. The number of aromatic hydroxyl groups is 1. The molecule has 12 heteroatoms. The Morgan fingerprint density at radius 3 is 2.42 bits per heavy atom. The fraction of sp³-hybridized carbons (Fsp3) is 0.395. The Balaban J connectivity index is 1.30. The summed E-state index contributed by atoms with van der Waals surface area (Å²) in [5.41, 5.74) is 2.10. The van der Waals surface area contributed by atoms with Crippen LogP contribution in [-0.2, 0) is 46.2 Å². The normalized spacial score (nSPS) is 19.1. The molecule has 3 aromatic carbocycles. The van der Waals surface area contributed by atoms with Gasteiger partial charge in [-0.3, -0.25) is 14.4 Å².